The lowest BCUT2D eigenvalue weighted by Gasteiger charge is -2.12. The molecule has 2 aromatic carbocycles. The van der Waals surface area contributed by atoms with E-state index in [-0.39, 0.29) is 18.3 Å². The minimum atomic E-state index is -2.87. The number of alkyl halides is 2. The number of nitrogens with zero attached hydrogens (tertiary/aromatic N) is 1. The van der Waals surface area contributed by atoms with Gasteiger partial charge < -0.3 is 24.4 Å². The lowest BCUT2D eigenvalue weighted by atomic mass is 10.1. The Morgan fingerprint density at radius 1 is 1.06 bits per heavy atom. The fourth-order valence-corrected chi connectivity index (χ4v) is 2.58. The molecule has 0 aliphatic heterocycles. The maximum absolute atomic E-state index is 12.1. The summed E-state index contributed by atoms with van der Waals surface area (Å²) >= 11 is 0. The van der Waals surface area contributed by atoms with E-state index in [1.165, 1.54) is 30.5 Å². The molecule has 0 atom stereocenters. The fourth-order valence-electron chi connectivity index (χ4n) is 2.58. The molecule has 1 amide bonds. The average molecular weight is 436 g/mol. The van der Waals surface area contributed by atoms with Gasteiger partial charge in [-0.25, -0.2) is 0 Å². The largest absolute Gasteiger partial charge is 0.490 e. The summed E-state index contributed by atoms with van der Waals surface area (Å²) in [5.74, 6) is 1.11. The van der Waals surface area contributed by atoms with Gasteiger partial charge in [0.05, 0.1) is 19.4 Å². The van der Waals surface area contributed by atoms with Gasteiger partial charge in [-0.3, -0.25) is 4.79 Å². The van der Waals surface area contributed by atoms with Crippen molar-refractivity contribution in [3.8, 4) is 17.2 Å². The van der Waals surface area contributed by atoms with Gasteiger partial charge in [-0.05, 0) is 67.8 Å². The molecule has 0 saturated heterocycles. The minimum absolute atomic E-state index is 0.0494. The van der Waals surface area contributed by atoms with Gasteiger partial charge in [0.1, 0.15) is 5.75 Å². The molecule has 0 bridgehead atoms. The van der Waals surface area contributed by atoms with Crippen LogP contribution in [0.1, 0.15) is 25.0 Å². The zero-order valence-electron chi connectivity index (χ0n) is 17.5. The van der Waals surface area contributed by atoms with Gasteiger partial charge in [-0.15, -0.1) is 0 Å². The highest BCUT2D eigenvalue weighted by Crippen LogP contribution is 2.28. The number of nitrogens with one attached hydrogen (secondary N) is 1. The number of amides is 1. The van der Waals surface area contributed by atoms with Gasteiger partial charge in [0, 0.05) is 6.54 Å². The quantitative estimate of drug-likeness (QED) is 0.382. The van der Waals surface area contributed by atoms with Crippen LogP contribution in [-0.2, 0) is 16.1 Å². The molecule has 0 spiro atoms. The van der Waals surface area contributed by atoms with Crippen LogP contribution in [0.3, 0.4) is 0 Å². The molecule has 0 aromatic heterocycles. The van der Waals surface area contributed by atoms with E-state index in [2.05, 4.69) is 15.2 Å². The summed E-state index contributed by atoms with van der Waals surface area (Å²) < 4.78 is 39.6. The Balaban J connectivity index is 1.71. The summed E-state index contributed by atoms with van der Waals surface area (Å²) in [6.45, 7) is 2.22. The van der Waals surface area contributed by atoms with Gasteiger partial charge in [0.25, 0.3) is 5.91 Å². The van der Waals surface area contributed by atoms with Crippen LogP contribution in [-0.4, -0.2) is 45.1 Å². The number of benzene rings is 2. The smallest absolute Gasteiger partial charge is 0.387 e. The summed E-state index contributed by atoms with van der Waals surface area (Å²) in [4.78, 5) is 16.8. The Morgan fingerprint density at radius 3 is 2.45 bits per heavy atom. The molecule has 2 rings (SSSR count). The number of hydrogen-bond acceptors (Lipinski definition) is 6. The first-order valence-corrected chi connectivity index (χ1v) is 9.87. The molecular weight excluding hydrogens is 410 g/mol. The molecule has 9 heteroatoms. The van der Waals surface area contributed by atoms with E-state index in [0.717, 1.165) is 5.56 Å². The first-order chi connectivity index (χ1) is 15.0. The highest BCUT2D eigenvalue weighted by molar-refractivity contribution is 5.80. The van der Waals surface area contributed by atoms with E-state index in [4.69, 9.17) is 14.3 Å². The molecule has 0 fully saturated rings. The molecular formula is C22H26F2N2O5. The number of ether oxygens (including phenoxy) is 3. The molecule has 7 nitrogen and oxygen atoms in total. The molecule has 168 valence electrons. The predicted octanol–water partition coefficient (Wildman–Crippen LogP) is 3.79. The van der Waals surface area contributed by atoms with E-state index in [9.17, 15) is 13.6 Å². The van der Waals surface area contributed by atoms with E-state index in [1.54, 1.807) is 0 Å². The fraction of sp³-hybridized carbons (Fsp3) is 0.364. The first kappa shape index (κ1) is 23.9. The van der Waals surface area contributed by atoms with Crippen molar-refractivity contribution in [3.05, 3.63) is 53.6 Å². The normalized spacial score (nSPS) is 10.9. The van der Waals surface area contributed by atoms with Crippen LogP contribution in [0.4, 0.5) is 8.78 Å². The van der Waals surface area contributed by atoms with E-state index in [0.29, 0.717) is 43.2 Å². The second-order valence-electron chi connectivity index (χ2n) is 6.20. The molecule has 31 heavy (non-hydrogen) atoms. The summed E-state index contributed by atoms with van der Waals surface area (Å²) in [7, 11) is 0. The van der Waals surface area contributed by atoms with Gasteiger partial charge >= 0.3 is 6.61 Å². The summed E-state index contributed by atoms with van der Waals surface area (Å²) in [6, 6.07) is 11.5. The second kappa shape index (κ2) is 13.0. The van der Waals surface area contributed by atoms with Crippen molar-refractivity contribution in [2.45, 2.75) is 26.9 Å². The molecule has 0 unspecified atom stereocenters. The van der Waals surface area contributed by atoms with Crippen molar-refractivity contribution in [1.29, 1.82) is 0 Å². The third-order valence-electron chi connectivity index (χ3n) is 3.92. The van der Waals surface area contributed by atoms with Crippen molar-refractivity contribution in [2.75, 3.05) is 26.4 Å². The molecule has 0 heterocycles. The molecule has 0 saturated carbocycles. The number of carbonyl (C=O) groups is 1. The van der Waals surface area contributed by atoms with Gasteiger partial charge in [-0.2, -0.15) is 8.78 Å². The number of rotatable bonds is 13. The first-order valence-electron chi connectivity index (χ1n) is 9.87. The van der Waals surface area contributed by atoms with Crippen molar-refractivity contribution < 1.29 is 32.6 Å². The maximum atomic E-state index is 12.1. The van der Waals surface area contributed by atoms with Crippen LogP contribution in [0.5, 0.6) is 17.2 Å². The lowest BCUT2D eigenvalue weighted by molar-refractivity contribution is -0.125. The number of oxime groups is 1. The lowest BCUT2D eigenvalue weighted by Crippen LogP contribution is -2.28. The summed E-state index contributed by atoms with van der Waals surface area (Å²) in [6.07, 6.45) is 1.99. The van der Waals surface area contributed by atoms with Crippen LogP contribution >= 0.6 is 0 Å². The van der Waals surface area contributed by atoms with Gasteiger partial charge in [0.2, 0.25) is 0 Å². The monoisotopic (exact) mass is 436 g/mol. The third kappa shape index (κ3) is 8.90. The standard InChI is InChI=1S/C22H26F2N2O5/c1-3-28-19-10-7-16(13-20(19)29-4-2)11-12-25-21(27)15-30-26-14-17-5-8-18(9-6-17)31-22(23)24/h5-10,13-14,22H,3-4,11-12,15H2,1-2H3,(H,25,27)/b26-14+. The SMILES string of the molecule is CCOc1ccc(CCNC(=O)CO/N=C/c2ccc(OC(F)F)cc2)cc1OCC. The topological polar surface area (TPSA) is 78.4 Å². The average Bonchev–Trinajstić information content (AvgIpc) is 2.74. The van der Waals surface area contributed by atoms with Gasteiger partial charge in [0.15, 0.2) is 18.1 Å². The van der Waals surface area contributed by atoms with Crippen LogP contribution in [0.2, 0.25) is 0 Å². The van der Waals surface area contributed by atoms with Crippen molar-refractivity contribution >= 4 is 12.1 Å². The predicted molar refractivity (Wildman–Crippen MR) is 112 cm³/mol. The Hall–Kier alpha value is -3.36. The van der Waals surface area contributed by atoms with Gasteiger partial charge in [-0.1, -0.05) is 11.2 Å². The zero-order valence-corrected chi connectivity index (χ0v) is 17.5. The Labute approximate surface area is 179 Å². The molecule has 0 radical (unpaired) electrons. The number of hydrogen-bond donors (Lipinski definition) is 1. The molecule has 0 aliphatic rings. The van der Waals surface area contributed by atoms with Crippen LogP contribution in [0.15, 0.2) is 47.6 Å². The van der Waals surface area contributed by atoms with Crippen LogP contribution in [0.25, 0.3) is 0 Å². The number of carbonyl (C=O) groups excluding carboxylic acids is 1. The highest BCUT2D eigenvalue weighted by atomic mass is 19.3. The molecule has 1 N–H and O–H groups in total. The second-order valence-corrected chi connectivity index (χ2v) is 6.20. The number of halogens is 2. The van der Waals surface area contributed by atoms with Crippen LogP contribution in [0, 0.1) is 0 Å². The van der Waals surface area contributed by atoms with Crippen molar-refractivity contribution in [2.24, 2.45) is 5.16 Å². The van der Waals surface area contributed by atoms with E-state index < -0.39 is 6.61 Å². The van der Waals surface area contributed by atoms with E-state index in [1.807, 2.05) is 32.0 Å². The minimum Gasteiger partial charge on any atom is -0.490 e. The summed E-state index contributed by atoms with van der Waals surface area (Å²) in [5.41, 5.74) is 1.62. The van der Waals surface area contributed by atoms with Crippen LogP contribution < -0.4 is 19.5 Å². The third-order valence-corrected chi connectivity index (χ3v) is 3.92. The van der Waals surface area contributed by atoms with Crippen molar-refractivity contribution in [3.63, 3.8) is 0 Å². The van der Waals surface area contributed by atoms with Crippen molar-refractivity contribution in [1.82, 2.24) is 5.32 Å². The van der Waals surface area contributed by atoms with E-state index >= 15 is 0 Å². The Kier molecular flexibility index (Phi) is 10.1. The Morgan fingerprint density at radius 2 is 1.77 bits per heavy atom. The molecule has 0 aliphatic carbocycles. The zero-order chi connectivity index (χ0) is 22.5. The maximum Gasteiger partial charge on any atom is 0.387 e. The Bertz CT molecular complexity index is 844. The molecule has 2 aromatic rings. The highest BCUT2D eigenvalue weighted by Gasteiger charge is 2.07. The summed E-state index contributed by atoms with van der Waals surface area (Å²) in [5, 5.41) is 6.44.